The lowest BCUT2D eigenvalue weighted by Gasteiger charge is -2.13. The van der Waals surface area contributed by atoms with Crippen LogP contribution in [-0.2, 0) is 0 Å². The molecule has 0 aromatic heterocycles. The van der Waals surface area contributed by atoms with Crippen LogP contribution >= 0.6 is 0 Å². The van der Waals surface area contributed by atoms with Crippen molar-refractivity contribution >= 4 is 0 Å². The molecule has 0 aromatic rings. The summed E-state index contributed by atoms with van der Waals surface area (Å²) >= 11 is 0. The Morgan fingerprint density at radius 3 is 2.00 bits per heavy atom. The summed E-state index contributed by atoms with van der Waals surface area (Å²) in [7, 11) is 0. The zero-order valence-corrected chi connectivity index (χ0v) is 5.20. The Morgan fingerprint density at radius 1 is 1.33 bits per heavy atom. The van der Waals surface area contributed by atoms with Crippen molar-refractivity contribution in [2.45, 2.75) is 6.10 Å². The molecule has 0 rings (SSSR count). The van der Waals surface area contributed by atoms with Gasteiger partial charge in [0.25, 0.3) is 0 Å². The summed E-state index contributed by atoms with van der Waals surface area (Å²) in [4.78, 5) is 0. The molecule has 0 bridgehead atoms. The highest BCUT2D eigenvalue weighted by atomic mass is 16.3. The van der Waals surface area contributed by atoms with Crippen LogP contribution in [-0.4, -0.2) is 34.6 Å². The summed E-state index contributed by atoms with van der Waals surface area (Å²) in [5.74, 6) is -0.407. The number of rotatable bonds is 4. The Balaban J connectivity index is 3.63. The third-order valence-corrected chi connectivity index (χ3v) is 1.19. The molecular weight excluding hydrogens is 120 g/mol. The molecule has 0 aliphatic rings. The largest absolute Gasteiger partial charge is 0.396 e. The van der Waals surface area contributed by atoms with Crippen molar-refractivity contribution in [3.63, 3.8) is 0 Å². The second-order valence-electron chi connectivity index (χ2n) is 1.83. The van der Waals surface area contributed by atoms with E-state index in [0.29, 0.717) is 0 Å². The maximum Gasteiger partial charge on any atom is 0.0855 e. The highest BCUT2D eigenvalue weighted by Crippen LogP contribution is 2.02. The summed E-state index contributed by atoms with van der Waals surface area (Å²) < 4.78 is 0. The van der Waals surface area contributed by atoms with E-state index in [4.69, 9.17) is 15.3 Å². The number of aliphatic hydroxyl groups is 3. The Morgan fingerprint density at radius 2 is 1.89 bits per heavy atom. The topological polar surface area (TPSA) is 60.7 Å². The molecule has 0 aromatic carbocycles. The highest BCUT2D eigenvalue weighted by molar-refractivity contribution is 4.83. The van der Waals surface area contributed by atoms with Crippen LogP contribution in [0.15, 0.2) is 12.7 Å². The number of hydrogen-bond donors (Lipinski definition) is 3. The minimum absolute atomic E-state index is 0.175. The van der Waals surface area contributed by atoms with Crippen LogP contribution in [0, 0.1) is 5.92 Å². The molecule has 3 heteroatoms. The van der Waals surface area contributed by atoms with Crippen molar-refractivity contribution in [3.05, 3.63) is 12.7 Å². The van der Waals surface area contributed by atoms with Gasteiger partial charge < -0.3 is 15.3 Å². The van der Waals surface area contributed by atoms with Crippen LogP contribution in [0.3, 0.4) is 0 Å². The van der Waals surface area contributed by atoms with Gasteiger partial charge in [0.15, 0.2) is 0 Å². The third kappa shape index (κ3) is 2.60. The summed E-state index contributed by atoms with van der Waals surface area (Å²) in [6, 6.07) is 0. The SMILES string of the molecule is C=C[C@@H](CO)[C@H](O)CO. The summed E-state index contributed by atoms with van der Waals surface area (Å²) in [5, 5.41) is 25.7. The quantitative estimate of drug-likeness (QED) is 0.436. The van der Waals surface area contributed by atoms with Crippen LogP contribution in [0.1, 0.15) is 0 Å². The Labute approximate surface area is 54.3 Å². The van der Waals surface area contributed by atoms with Crippen LogP contribution in [0.5, 0.6) is 0 Å². The minimum atomic E-state index is -0.882. The molecule has 0 saturated heterocycles. The lowest BCUT2D eigenvalue weighted by atomic mass is 10.1. The molecular formula is C6H12O3. The second kappa shape index (κ2) is 4.49. The number of aliphatic hydroxyl groups excluding tert-OH is 3. The highest BCUT2D eigenvalue weighted by Gasteiger charge is 2.12. The Hall–Kier alpha value is -0.380. The van der Waals surface area contributed by atoms with Crippen molar-refractivity contribution < 1.29 is 15.3 Å². The first-order chi connectivity index (χ1) is 4.26. The van der Waals surface area contributed by atoms with E-state index in [9.17, 15) is 0 Å². The predicted octanol–water partition coefficient (Wildman–Crippen LogP) is -0.866. The van der Waals surface area contributed by atoms with Gasteiger partial charge >= 0.3 is 0 Å². The second-order valence-corrected chi connectivity index (χ2v) is 1.83. The van der Waals surface area contributed by atoms with E-state index in [0.717, 1.165) is 0 Å². The molecule has 0 saturated carbocycles. The fourth-order valence-electron chi connectivity index (χ4n) is 0.489. The fourth-order valence-corrected chi connectivity index (χ4v) is 0.489. The van der Waals surface area contributed by atoms with E-state index in [1.165, 1.54) is 6.08 Å². The van der Waals surface area contributed by atoms with Crippen molar-refractivity contribution in [2.75, 3.05) is 13.2 Å². The van der Waals surface area contributed by atoms with E-state index in [1.807, 2.05) is 0 Å². The van der Waals surface area contributed by atoms with Gasteiger partial charge in [0, 0.05) is 5.92 Å². The Bertz CT molecular complexity index is 82.4. The van der Waals surface area contributed by atoms with Gasteiger partial charge in [0.2, 0.25) is 0 Å². The van der Waals surface area contributed by atoms with E-state index >= 15 is 0 Å². The molecule has 0 fully saturated rings. The Kier molecular flexibility index (Phi) is 4.30. The van der Waals surface area contributed by atoms with Crippen LogP contribution in [0.4, 0.5) is 0 Å². The lowest BCUT2D eigenvalue weighted by Crippen LogP contribution is -2.25. The molecule has 3 N–H and O–H groups in total. The van der Waals surface area contributed by atoms with Gasteiger partial charge in [-0.3, -0.25) is 0 Å². The van der Waals surface area contributed by atoms with Crippen molar-refractivity contribution in [1.82, 2.24) is 0 Å². The first-order valence-electron chi connectivity index (χ1n) is 2.78. The maximum absolute atomic E-state index is 8.84. The van der Waals surface area contributed by atoms with Crippen LogP contribution in [0.25, 0.3) is 0 Å². The molecule has 0 aliphatic heterocycles. The summed E-state index contributed by atoms with van der Waals surface area (Å²) in [6.07, 6.45) is 0.536. The number of hydrogen-bond acceptors (Lipinski definition) is 3. The minimum Gasteiger partial charge on any atom is -0.396 e. The summed E-state index contributed by atoms with van der Waals surface area (Å²) in [5.41, 5.74) is 0. The fraction of sp³-hybridized carbons (Fsp3) is 0.667. The molecule has 3 nitrogen and oxygen atoms in total. The van der Waals surface area contributed by atoms with Crippen LogP contribution < -0.4 is 0 Å². The normalized spacial score (nSPS) is 16.8. The van der Waals surface area contributed by atoms with Gasteiger partial charge in [-0.1, -0.05) is 6.08 Å². The van der Waals surface area contributed by atoms with Crippen molar-refractivity contribution in [3.8, 4) is 0 Å². The maximum atomic E-state index is 8.84. The molecule has 0 unspecified atom stereocenters. The summed E-state index contributed by atoms with van der Waals surface area (Å²) in [6.45, 7) is 2.86. The standard InChI is InChI=1S/C6H12O3/c1-2-5(3-7)6(9)4-8/h2,5-9H,1,3-4H2/t5-,6+/m0/s1. The van der Waals surface area contributed by atoms with Gasteiger partial charge in [0.1, 0.15) is 0 Å². The molecule has 0 spiro atoms. The molecule has 2 atom stereocenters. The van der Waals surface area contributed by atoms with Gasteiger partial charge in [0.05, 0.1) is 19.3 Å². The molecule has 0 radical (unpaired) electrons. The van der Waals surface area contributed by atoms with Gasteiger partial charge in [-0.15, -0.1) is 6.58 Å². The van der Waals surface area contributed by atoms with E-state index in [1.54, 1.807) is 0 Å². The van der Waals surface area contributed by atoms with Gasteiger partial charge in [-0.05, 0) is 0 Å². The third-order valence-electron chi connectivity index (χ3n) is 1.19. The smallest absolute Gasteiger partial charge is 0.0855 e. The van der Waals surface area contributed by atoms with Crippen LogP contribution in [0.2, 0.25) is 0 Å². The molecule has 0 aliphatic carbocycles. The first kappa shape index (κ1) is 8.62. The molecule has 54 valence electrons. The zero-order valence-electron chi connectivity index (χ0n) is 5.20. The molecule has 9 heavy (non-hydrogen) atoms. The monoisotopic (exact) mass is 132 g/mol. The van der Waals surface area contributed by atoms with Crippen molar-refractivity contribution in [1.29, 1.82) is 0 Å². The molecule has 0 heterocycles. The lowest BCUT2D eigenvalue weighted by molar-refractivity contribution is 0.0414. The van der Waals surface area contributed by atoms with E-state index in [2.05, 4.69) is 6.58 Å². The zero-order chi connectivity index (χ0) is 7.28. The average Bonchev–Trinajstić information content (AvgIpc) is 1.90. The predicted molar refractivity (Wildman–Crippen MR) is 33.9 cm³/mol. The van der Waals surface area contributed by atoms with Gasteiger partial charge in [-0.2, -0.15) is 0 Å². The van der Waals surface area contributed by atoms with E-state index < -0.39 is 12.0 Å². The van der Waals surface area contributed by atoms with Crippen molar-refractivity contribution in [2.24, 2.45) is 5.92 Å². The van der Waals surface area contributed by atoms with Gasteiger partial charge in [-0.25, -0.2) is 0 Å². The molecule has 0 amide bonds. The average molecular weight is 132 g/mol. The first-order valence-corrected chi connectivity index (χ1v) is 2.78. The van der Waals surface area contributed by atoms with E-state index in [-0.39, 0.29) is 13.2 Å².